The third-order valence-corrected chi connectivity index (χ3v) is 6.24. The van der Waals surface area contributed by atoms with Crippen LogP contribution in [0.5, 0.6) is 5.75 Å². The van der Waals surface area contributed by atoms with Gasteiger partial charge in [-0.3, -0.25) is 9.78 Å². The largest absolute Gasteiger partial charge is 0.497 e. The molecule has 1 saturated heterocycles. The van der Waals surface area contributed by atoms with E-state index >= 15 is 0 Å². The van der Waals surface area contributed by atoms with Crippen molar-refractivity contribution in [1.29, 1.82) is 0 Å². The Morgan fingerprint density at radius 3 is 2.62 bits per heavy atom. The number of rotatable bonds is 4. The Morgan fingerprint density at radius 1 is 1.14 bits per heavy atom. The summed E-state index contributed by atoms with van der Waals surface area (Å²) in [5, 5.41) is 3.96. The molecule has 1 fully saturated rings. The van der Waals surface area contributed by atoms with E-state index in [1.165, 1.54) is 11.5 Å². The number of benzene rings is 1. The van der Waals surface area contributed by atoms with Gasteiger partial charge in [0.05, 0.1) is 12.8 Å². The number of ether oxygens (including phenoxy) is 1. The number of likely N-dealkylation sites (tertiary alicyclic amines) is 1. The third kappa shape index (κ3) is 4.15. The number of aryl methyl sites for hydroxylation is 2. The first-order valence-electron chi connectivity index (χ1n) is 9.76. The number of hydrogen-bond acceptors (Lipinski definition) is 6. The predicted molar refractivity (Wildman–Crippen MR) is 113 cm³/mol. The summed E-state index contributed by atoms with van der Waals surface area (Å²) in [4.78, 5) is 20.1. The summed E-state index contributed by atoms with van der Waals surface area (Å²) < 4.78 is 9.25. The van der Waals surface area contributed by atoms with Crippen LogP contribution in [0.15, 0.2) is 36.4 Å². The molecule has 6 nitrogen and oxygen atoms in total. The number of pyridine rings is 1. The molecule has 0 saturated carbocycles. The van der Waals surface area contributed by atoms with Crippen molar-refractivity contribution < 1.29 is 9.53 Å². The SMILES string of the molecule is COc1cccc(-c2cc(C)nc(C3CCN(C(=O)c4snnc4C)CC3)c2)c1. The monoisotopic (exact) mass is 408 g/mol. The van der Waals surface area contributed by atoms with Crippen LogP contribution in [-0.4, -0.2) is 45.6 Å². The van der Waals surface area contributed by atoms with E-state index < -0.39 is 0 Å². The lowest BCUT2D eigenvalue weighted by Crippen LogP contribution is -2.38. The molecule has 29 heavy (non-hydrogen) atoms. The molecule has 1 aromatic carbocycles. The molecule has 0 bridgehead atoms. The highest BCUT2D eigenvalue weighted by Gasteiger charge is 2.27. The van der Waals surface area contributed by atoms with E-state index in [0.717, 1.165) is 54.2 Å². The minimum Gasteiger partial charge on any atom is -0.497 e. The summed E-state index contributed by atoms with van der Waals surface area (Å²) in [6.07, 6.45) is 1.82. The second-order valence-corrected chi connectivity index (χ2v) is 8.16. The third-order valence-electron chi connectivity index (χ3n) is 5.42. The first kappa shape index (κ1) is 19.5. The van der Waals surface area contributed by atoms with Crippen LogP contribution in [0, 0.1) is 13.8 Å². The van der Waals surface area contributed by atoms with Crippen LogP contribution < -0.4 is 4.74 Å². The fraction of sp³-hybridized carbons (Fsp3) is 0.364. The van der Waals surface area contributed by atoms with Gasteiger partial charge in [-0.2, -0.15) is 0 Å². The highest BCUT2D eigenvalue weighted by atomic mass is 32.1. The molecule has 1 aliphatic heterocycles. The van der Waals surface area contributed by atoms with Crippen LogP contribution in [0.25, 0.3) is 11.1 Å². The van der Waals surface area contributed by atoms with Crippen molar-refractivity contribution in [1.82, 2.24) is 19.5 Å². The molecule has 4 rings (SSSR count). The molecule has 7 heteroatoms. The number of carbonyl (C=O) groups is 1. The molecular formula is C22H24N4O2S. The van der Waals surface area contributed by atoms with Gasteiger partial charge >= 0.3 is 0 Å². The first-order valence-corrected chi connectivity index (χ1v) is 10.5. The second kappa shape index (κ2) is 8.29. The highest BCUT2D eigenvalue weighted by Crippen LogP contribution is 2.32. The molecule has 0 radical (unpaired) electrons. The van der Waals surface area contributed by atoms with E-state index in [1.54, 1.807) is 7.11 Å². The summed E-state index contributed by atoms with van der Waals surface area (Å²) in [5.74, 6) is 1.24. The Labute approximate surface area is 174 Å². The molecule has 1 aliphatic rings. The van der Waals surface area contributed by atoms with Crippen molar-refractivity contribution in [2.45, 2.75) is 32.6 Å². The van der Waals surface area contributed by atoms with Crippen LogP contribution in [0.1, 0.15) is 45.5 Å². The lowest BCUT2D eigenvalue weighted by Gasteiger charge is -2.31. The molecule has 3 heterocycles. The van der Waals surface area contributed by atoms with Crippen molar-refractivity contribution in [2.75, 3.05) is 20.2 Å². The number of methoxy groups -OCH3 is 1. The van der Waals surface area contributed by atoms with Crippen LogP contribution in [0.2, 0.25) is 0 Å². The number of nitrogens with zero attached hydrogens (tertiary/aromatic N) is 4. The Morgan fingerprint density at radius 2 is 1.93 bits per heavy atom. The molecule has 0 unspecified atom stereocenters. The van der Waals surface area contributed by atoms with E-state index in [1.807, 2.05) is 36.9 Å². The quantitative estimate of drug-likeness (QED) is 0.646. The summed E-state index contributed by atoms with van der Waals surface area (Å²) in [6.45, 7) is 5.32. The second-order valence-electron chi connectivity index (χ2n) is 7.41. The molecule has 150 valence electrons. The van der Waals surface area contributed by atoms with Gasteiger partial charge in [0.25, 0.3) is 5.91 Å². The number of piperidine rings is 1. The van der Waals surface area contributed by atoms with E-state index in [4.69, 9.17) is 9.72 Å². The fourth-order valence-corrected chi connectivity index (χ4v) is 4.45. The summed E-state index contributed by atoms with van der Waals surface area (Å²) in [6, 6.07) is 12.4. The molecule has 0 N–H and O–H groups in total. The van der Waals surface area contributed by atoms with Crippen molar-refractivity contribution in [3.05, 3.63) is 58.4 Å². The molecule has 2 aromatic heterocycles. The van der Waals surface area contributed by atoms with Crippen LogP contribution >= 0.6 is 11.5 Å². The average Bonchev–Trinajstić information content (AvgIpc) is 3.18. The van der Waals surface area contributed by atoms with E-state index in [0.29, 0.717) is 16.5 Å². The topological polar surface area (TPSA) is 68.2 Å². The lowest BCUT2D eigenvalue weighted by atomic mass is 9.91. The number of aromatic nitrogens is 3. The normalized spacial score (nSPS) is 14.8. The number of amides is 1. The van der Waals surface area contributed by atoms with Gasteiger partial charge in [0, 0.05) is 30.4 Å². The molecule has 1 amide bonds. The van der Waals surface area contributed by atoms with Gasteiger partial charge in [0.15, 0.2) is 0 Å². The van der Waals surface area contributed by atoms with Crippen molar-refractivity contribution in [3.8, 4) is 16.9 Å². The maximum Gasteiger partial charge on any atom is 0.267 e. The minimum absolute atomic E-state index is 0.0465. The van der Waals surface area contributed by atoms with Gasteiger partial charge in [0.2, 0.25) is 0 Å². The Bertz CT molecular complexity index is 1030. The van der Waals surface area contributed by atoms with Crippen LogP contribution in [0.3, 0.4) is 0 Å². The van der Waals surface area contributed by atoms with Gasteiger partial charge in [-0.1, -0.05) is 16.6 Å². The fourth-order valence-electron chi connectivity index (χ4n) is 3.82. The maximum absolute atomic E-state index is 12.7. The minimum atomic E-state index is 0.0465. The molecular weight excluding hydrogens is 384 g/mol. The zero-order valence-electron chi connectivity index (χ0n) is 16.9. The number of hydrogen-bond donors (Lipinski definition) is 0. The standard InChI is InChI=1S/C22H24N4O2S/c1-14-11-18(17-5-4-6-19(12-17)28-3)13-20(23-14)16-7-9-26(10-8-16)22(27)21-15(2)24-25-29-21/h4-6,11-13,16H,7-10H2,1-3H3. The molecule has 0 atom stereocenters. The molecule has 0 aliphatic carbocycles. The smallest absolute Gasteiger partial charge is 0.267 e. The molecule has 3 aromatic rings. The van der Waals surface area contributed by atoms with E-state index in [9.17, 15) is 4.79 Å². The average molecular weight is 409 g/mol. The first-order chi connectivity index (χ1) is 14.0. The van der Waals surface area contributed by atoms with Crippen molar-refractivity contribution >= 4 is 17.4 Å². The van der Waals surface area contributed by atoms with Gasteiger partial charge < -0.3 is 9.64 Å². The van der Waals surface area contributed by atoms with Gasteiger partial charge in [-0.05, 0) is 73.6 Å². The highest BCUT2D eigenvalue weighted by molar-refractivity contribution is 7.07. The molecule has 0 spiro atoms. The van der Waals surface area contributed by atoms with Crippen molar-refractivity contribution in [3.63, 3.8) is 0 Å². The van der Waals surface area contributed by atoms with Gasteiger partial charge in [0.1, 0.15) is 10.6 Å². The number of carbonyl (C=O) groups excluding carboxylic acids is 1. The summed E-state index contributed by atoms with van der Waals surface area (Å²) >= 11 is 1.18. The summed E-state index contributed by atoms with van der Waals surface area (Å²) in [7, 11) is 1.68. The van der Waals surface area contributed by atoms with Gasteiger partial charge in [-0.25, -0.2) is 0 Å². The van der Waals surface area contributed by atoms with E-state index in [-0.39, 0.29) is 5.91 Å². The van der Waals surface area contributed by atoms with Crippen molar-refractivity contribution in [2.24, 2.45) is 0 Å². The zero-order valence-corrected chi connectivity index (χ0v) is 17.7. The van der Waals surface area contributed by atoms with Crippen LogP contribution in [-0.2, 0) is 0 Å². The zero-order chi connectivity index (χ0) is 20.4. The van der Waals surface area contributed by atoms with Gasteiger partial charge in [-0.15, -0.1) is 5.10 Å². The predicted octanol–water partition coefficient (Wildman–Crippen LogP) is 4.25. The Balaban J connectivity index is 1.50. The summed E-state index contributed by atoms with van der Waals surface area (Å²) in [5.41, 5.74) is 5.09. The Kier molecular flexibility index (Phi) is 5.58. The lowest BCUT2D eigenvalue weighted by molar-refractivity contribution is 0.0716. The Hall–Kier alpha value is -2.80. The maximum atomic E-state index is 12.7. The van der Waals surface area contributed by atoms with E-state index in [2.05, 4.69) is 27.8 Å². The van der Waals surface area contributed by atoms with Crippen LogP contribution in [0.4, 0.5) is 0 Å².